The van der Waals surface area contributed by atoms with Crippen LogP contribution in [-0.4, -0.2) is 24.3 Å². The molecule has 0 bridgehead atoms. The van der Waals surface area contributed by atoms with Crippen molar-refractivity contribution in [2.75, 3.05) is 0 Å². The van der Waals surface area contributed by atoms with Gasteiger partial charge < -0.3 is 4.98 Å². The quantitative estimate of drug-likeness (QED) is 0.579. The highest BCUT2D eigenvalue weighted by molar-refractivity contribution is 7.90. The number of aryl methyl sites for hydroxylation is 1. The highest BCUT2D eigenvalue weighted by atomic mass is 35.5. The molecule has 0 atom stereocenters. The second-order valence-electron chi connectivity index (χ2n) is 5.79. The summed E-state index contributed by atoms with van der Waals surface area (Å²) in [6, 6.07) is 10.7. The number of sulfonamides is 1. The first-order valence-corrected chi connectivity index (χ1v) is 10.7. The molecule has 3 rings (SSSR count). The van der Waals surface area contributed by atoms with Crippen LogP contribution in [0.1, 0.15) is 23.1 Å². The van der Waals surface area contributed by atoms with Crippen molar-refractivity contribution in [1.82, 2.24) is 14.7 Å². The molecule has 28 heavy (non-hydrogen) atoms. The van der Waals surface area contributed by atoms with E-state index in [1.54, 1.807) is 24.3 Å². The van der Waals surface area contributed by atoms with Crippen LogP contribution < -0.4 is 4.72 Å². The van der Waals surface area contributed by atoms with Gasteiger partial charge in [0.2, 0.25) is 0 Å². The zero-order valence-corrected chi connectivity index (χ0v) is 17.5. The van der Waals surface area contributed by atoms with Crippen molar-refractivity contribution in [1.29, 1.82) is 0 Å². The lowest BCUT2D eigenvalue weighted by Crippen LogP contribution is -2.31. The van der Waals surface area contributed by atoms with Gasteiger partial charge in [0.15, 0.2) is 5.69 Å². The maximum absolute atomic E-state index is 12.6. The fourth-order valence-corrected chi connectivity index (χ4v) is 4.57. The number of H-pyrrole nitrogens is 1. The maximum Gasteiger partial charge on any atom is 0.285 e. The minimum absolute atomic E-state index is 0.00908. The van der Waals surface area contributed by atoms with E-state index >= 15 is 0 Å². The second-order valence-corrected chi connectivity index (χ2v) is 8.72. The number of benzene rings is 2. The van der Waals surface area contributed by atoms with E-state index in [2.05, 4.69) is 9.97 Å². The second kappa shape index (κ2) is 8.13. The molecule has 0 aliphatic heterocycles. The lowest BCUT2D eigenvalue weighted by Gasteiger charge is -2.07. The third kappa shape index (κ3) is 4.33. The Balaban J connectivity index is 1.96. The Morgan fingerprint density at radius 3 is 2.36 bits per heavy atom. The highest BCUT2D eigenvalue weighted by Crippen LogP contribution is 2.27. The van der Waals surface area contributed by atoms with Crippen LogP contribution in [0, 0.1) is 0 Å². The third-order valence-electron chi connectivity index (χ3n) is 3.84. The van der Waals surface area contributed by atoms with Gasteiger partial charge in [-0.15, -0.1) is 0 Å². The average Bonchev–Trinajstić information content (AvgIpc) is 3.05. The standard InChI is InChI=1S/C18H14Cl3N3O3S/c1-2-14-16(23-17(22-14)10-7-11(19)9-12(20)8-10)18(25)24-28(26,27)15-6-4-3-5-13(15)21/h3-9H,2H2,1H3,(H,22,23)(H,24,25). The van der Waals surface area contributed by atoms with E-state index in [1.807, 2.05) is 11.6 Å². The third-order valence-corrected chi connectivity index (χ3v) is 6.10. The van der Waals surface area contributed by atoms with Gasteiger partial charge in [-0.3, -0.25) is 4.79 Å². The van der Waals surface area contributed by atoms with Crippen LogP contribution in [0.5, 0.6) is 0 Å². The SMILES string of the molecule is CCc1[nH]c(-c2cc(Cl)cc(Cl)c2)nc1C(=O)NS(=O)(=O)c1ccccc1Cl. The van der Waals surface area contributed by atoms with Gasteiger partial charge in [0.25, 0.3) is 15.9 Å². The Morgan fingerprint density at radius 1 is 1.11 bits per heavy atom. The van der Waals surface area contributed by atoms with Crippen LogP contribution >= 0.6 is 34.8 Å². The average molecular weight is 459 g/mol. The molecular weight excluding hydrogens is 445 g/mol. The molecule has 0 fully saturated rings. The number of aromatic nitrogens is 2. The van der Waals surface area contributed by atoms with Crippen LogP contribution in [0.15, 0.2) is 47.4 Å². The number of carbonyl (C=O) groups excluding carboxylic acids is 1. The fourth-order valence-electron chi connectivity index (χ4n) is 2.57. The van der Waals surface area contributed by atoms with Gasteiger partial charge >= 0.3 is 0 Å². The van der Waals surface area contributed by atoms with Crippen LogP contribution in [-0.2, 0) is 16.4 Å². The monoisotopic (exact) mass is 457 g/mol. The first kappa shape index (κ1) is 20.7. The number of hydrogen-bond acceptors (Lipinski definition) is 4. The van der Waals surface area contributed by atoms with E-state index in [-0.39, 0.29) is 15.6 Å². The molecule has 0 unspecified atom stereocenters. The molecule has 1 amide bonds. The number of amides is 1. The number of halogens is 3. The molecule has 2 aromatic carbocycles. The van der Waals surface area contributed by atoms with E-state index in [0.717, 1.165) is 0 Å². The van der Waals surface area contributed by atoms with Crippen molar-refractivity contribution in [3.8, 4) is 11.4 Å². The van der Waals surface area contributed by atoms with Crippen molar-refractivity contribution in [2.24, 2.45) is 0 Å². The first-order valence-electron chi connectivity index (χ1n) is 8.08. The maximum atomic E-state index is 12.6. The van der Waals surface area contributed by atoms with E-state index in [1.165, 1.54) is 18.2 Å². The van der Waals surface area contributed by atoms with Gasteiger partial charge in [0.05, 0.1) is 5.02 Å². The summed E-state index contributed by atoms with van der Waals surface area (Å²) in [7, 11) is -4.16. The number of carbonyl (C=O) groups is 1. The molecule has 0 aliphatic carbocycles. The molecular formula is C18H14Cl3N3O3S. The van der Waals surface area contributed by atoms with Crippen molar-refractivity contribution < 1.29 is 13.2 Å². The van der Waals surface area contributed by atoms with E-state index in [0.29, 0.717) is 33.5 Å². The molecule has 0 radical (unpaired) electrons. The topological polar surface area (TPSA) is 91.9 Å². The van der Waals surface area contributed by atoms with Crippen molar-refractivity contribution >= 4 is 50.7 Å². The lowest BCUT2D eigenvalue weighted by molar-refractivity contribution is 0.0976. The van der Waals surface area contributed by atoms with Crippen molar-refractivity contribution in [3.05, 3.63) is 68.9 Å². The zero-order chi connectivity index (χ0) is 20.5. The molecule has 146 valence electrons. The first-order chi connectivity index (χ1) is 13.2. The summed E-state index contributed by atoms with van der Waals surface area (Å²) >= 11 is 18.0. The Labute approximate surface area is 176 Å². The van der Waals surface area contributed by atoms with Gasteiger partial charge in [0.1, 0.15) is 10.7 Å². The molecule has 0 saturated heterocycles. The minimum Gasteiger partial charge on any atom is -0.341 e. The summed E-state index contributed by atoms with van der Waals surface area (Å²) in [5.74, 6) is -0.520. The summed E-state index contributed by atoms with van der Waals surface area (Å²) in [5, 5.41) is 0.822. The predicted molar refractivity (Wildman–Crippen MR) is 110 cm³/mol. The Kier molecular flexibility index (Phi) is 6.00. The van der Waals surface area contributed by atoms with E-state index in [9.17, 15) is 13.2 Å². The number of nitrogens with zero attached hydrogens (tertiary/aromatic N) is 1. The van der Waals surface area contributed by atoms with Crippen LogP contribution in [0.25, 0.3) is 11.4 Å². The summed E-state index contributed by atoms with van der Waals surface area (Å²) < 4.78 is 27.0. The van der Waals surface area contributed by atoms with Gasteiger partial charge in [-0.2, -0.15) is 0 Å². The normalized spacial score (nSPS) is 11.4. The molecule has 0 spiro atoms. The van der Waals surface area contributed by atoms with Crippen LogP contribution in [0.2, 0.25) is 15.1 Å². The number of rotatable bonds is 5. The molecule has 1 heterocycles. The Morgan fingerprint density at radius 2 is 1.75 bits per heavy atom. The molecule has 0 aliphatic rings. The van der Waals surface area contributed by atoms with Crippen LogP contribution in [0.3, 0.4) is 0 Å². The summed E-state index contributed by atoms with van der Waals surface area (Å²) in [6.45, 7) is 1.81. The molecule has 1 aromatic heterocycles. The number of nitrogens with one attached hydrogen (secondary N) is 2. The highest BCUT2D eigenvalue weighted by Gasteiger charge is 2.25. The number of imidazole rings is 1. The fraction of sp³-hybridized carbons (Fsp3) is 0.111. The largest absolute Gasteiger partial charge is 0.341 e. The molecule has 2 N–H and O–H groups in total. The molecule has 10 heteroatoms. The molecule has 0 saturated carbocycles. The minimum atomic E-state index is -4.16. The number of aromatic amines is 1. The van der Waals surface area contributed by atoms with Crippen molar-refractivity contribution in [2.45, 2.75) is 18.2 Å². The Hall–Kier alpha value is -2.06. The smallest absolute Gasteiger partial charge is 0.285 e. The molecule has 6 nitrogen and oxygen atoms in total. The van der Waals surface area contributed by atoms with Gasteiger partial charge in [-0.05, 0) is 36.8 Å². The van der Waals surface area contributed by atoms with E-state index < -0.39 is 15.9 Å². The van der Waals surface area contributed by atoms with Crippen LogP contribution in [0.4, 0.5) is 0 Å². The lowest BCUT2D eigenvalue weighted by atomic mass is 10.2. The summed E-state index contributed by atoms with van der Waals surface area (Å²) in [4.78, 5) is 19.7. The number of hydrogen-bond donors (Lipinski definition) is 2. The summed E-state index contributed by atoms with van der Waals surface area (Å²) in [5.41, 5.74) is 1.00. The van der Waals surface area contributed by atoms with Gasteiger partial charge in [-0.1, -0.05) is 53.9 Å². The molecule has 3 aromatic rings. The zero-order valence-electron chi connectivity index (χ0n) is 14.5. The summed E-state index contributed by atoms with van der Waals surface area (Å²) in [6.07, 6.45) is 0.427. The van der Waals surface area contributed by atoms with Gasteiger partial charge in [-0.25, -0.2) is 18.1 Å². The predicted octanol–water partition coefficient (Wildman–Crippen LogP) is 4.72. The van der Waals surface area contributed by atoms with Gasteiger partial charge in [0, 0.05) is 21.3 Å². The van der Waals surface area contributed by atoms with Crippen molar-refractivity contribution in [3.63, 3.8) is 0 Å². The van der Waals surface area contributed by atoms with E-state index in [4.69, 9.17) is 34.8 Å². The Bertz CT molecular complexity index is 1140.